The van der Waals surface area contributed by atoms with Gasteiger partial charge in [-0.1, -0.05) is 68.5 Å². The standard InChI is InChI=1S/C27H31N3O5S/c1-5-16-35-27(32)25(18(2)3)29-26(31)24(30-36(33,34)22-14-10-19(4)11-15-22)17-21-13-12-20-8-6-7-9-23(20)28-21/h5-15,18,24-25,30H,1,16-17H2,2-4H3,(H,29,31)/t24?,25-/m0/s1. The van der Waals surface area contributed by atoms with Crippen molar-refractivity contribution in [3.05, 3.63) is 84.6 Å². The van der Waals surface area contributed by atoms with Gasteiger partial charge in [-0.05, 0) is 37.1 Å². The molecule has 0 aliphatic carbocycles. The van der Waals surface area contributed by atoms with Crippen molar-refractivity contribution in [2.45, 2.75) is 44.2 Å². The molecular formula is C27H31N3O5S. The van der Waals surface area contributed by atoms with Gasteiger partial charge in [0.2, 0.25) is 15.9 Å². The molecule has 1 amide bonds. The van der Waals surface area contributed by atoms with Gasteiger partial charge >= 0.3 is 5.97 Å². The second kappa shape index (κ2) is 11.9. The summed E-state index contributed by atoms with van der Waals surface area (Å²) in [6, 6.07) is 15.2. The molecule has 0 radical (unpaired) electrons. The van der Waals surface area contributed by atoms with Crippen LogP contribution in [0.15, 0.2) is 78.2 Å². The van der Waals surface area contributed by atoms with Crippen LogP contribution in [0.1, 0.15) is 25.1 Å². The SMILES string of the molecule is C=CCOC(=O)[C@@H](NC(=O)C(Cc1ccc2ccccc2n1)NS(=O)(=O)c1ccc(C)cc1)C(C)C. The molecule has 1 heterocycles. The summed E-state index contributed by atoms with van der Waals surface area (Å²) >= 11 is 0. The van der Waals surface area contributed by atoms with Crippen LogP contribution in [-0.2, 0) is 30.8 Å². The highest BCUT2D eigenvalue weighted by Crippen LogP contribution is 2.16. The van der Waals surface area contributed by atoms with Crippen LogP contribution < -0.4 is 10.0 Å². The van der Waals surface area contributed by atoms with Gasteiger partial charge in [0.1, 0.15) is 18.7 Å². The highest BCUT2D eigenvalue weighted by molar-refractivity contribution is 7.89. The molecule has 2 aromatic carbocycles. The van der Waals surface area contributed by atoms with Crippen molar-refractivity contribution in [1.29, 1.82) is 0 Å². The van der Waals surface area contributed by atoms with E-state index in [0.717, 1.165) is 16.5 Å². The van der Waals surface area contributed by atoms with Gasteiger partial charge in [-0.2, -0.15) is 4.72 Å². The van der Waals surface area contributed by atoms with Gasteiger partial charge in [0, 0.05) is 17.5 Å². The molecule has 0 spiro atoms. The number of amides is 1. The van der Waals surface area contributed by atoms with Crippen LogP contribution in [0.4, 0.5) is 0 Å². The normalized spacial score (nSPS) is 13.2. The summed E-state index contributed by atoms with van der Waals surface area (Å²) in [6.45, 7) is 8.89. The maximum absolute atomic E-state index is 13.4. The Hall–Kier alpha value is -3.56. The Morgan fingerprint density at radius 2 is 1.75 bits per heavy atom. The minimum absolute atomic E-state index is 0.00240. The van der Waals surface area contributed by atoms with Crippen LogP contribution in [0.25, 0.3) is 10.9 Å². The average molecular weight is 510 g/mol. The van der Waals surface area contributed by atoms with E-state index in [1.54, 1.807) is 32.0 Å². The molecule has 190 valence electrons. The van der Waals surface area contributed by atoms with Gasteiger partial charge < -0.3 is 10.1 Å². The predicted molar refractivity (Wildman–Crippen MR) is 139 cm³/mol. The Labute approximate surface area is 211 Å². The van der Waals surface area contributed by atoms with Crippen molar-refractivity contribution in [1.82, 2.24) is 15.0 Å². The fourth-order valence-corrected chi connectivity index (χ4v) is 4.77. The molecule has 9 heteroatoms. The summed E-state index contributed by atoms with van der Waals surface area (Å²) in [5, 5.41) is 3.59. The first-order valence-corrected chi connectivity index (χ1v) is 13.1. The molecule has 0 bridgehead atoms. The third kappa shape index (κ3) is 6.99. The number of fused-ring (bicyclic) bond motifs is 1. The Morgan fingerprint density at radius 1 is 1.06 bits per heavy atom. The first-order valence-electron chi connectivity index (χ1n) is 11.6. The molecule has 1 unspecified atom stereocenters. The molecule has 2 N–H and O–H groups in total. The first-order chi connectivity index (χ1) is 17.1. The van der Waals surface area contributed by atoms with Crippen molar-refractivity contribution in [3.63, 3.8) is 0 Å². The number of carbonyl (C=O) groups is 2. The van der Waals surface area contributed by atoms with E-state index in [1.165, 1.54) is 18.2 Å². The summed E-state index contributed by atoms with van der Waals surface area (Å²) in [6.07, 6.45) is 1.41. The van der Waals surface area contributed by atoms with E-state index < -0.39 is 34.0 Å². The molecule has 0 saturated carbocycles. The van der Waals surface area contributed by atoms with Crippen LogP contribution in [0, 0.1) is 12.8 Å². The molecule has 0 saturated heterocycles. The van der Waals surface area contributed by atoms with Crippen LogP contribution >= 0.6 is 0 Å². The summed E-state index contributed by atoms with van der Waals surface area (Å²) in [5.41, 5.74) is 2.15. The van der Waals surface area contributed by atoms with Gasteiger partial charge in [-0.3, -0.25) is 9.78 Å². The summed E-state index contributed by atoms with van der Waals surface area (Å²) < 4.78 is 33.9. The van der Waals surface area contributed by atoms with Crippen molar-refractivity contribution >= 4 is 32.8 Å². The summed E-state index contributed by atoms with van der Waals surface area (Å²) in [4.78, 5) is 30.5. The highest BCUT2D eigenvalue weighted by atomic mass is 32.2. The van der Waals surface area contributed by atoms with E-state index in [4.69, 9.17) is 4.74 Å². The number of sulfonamides is 1. The third-order valence-electron chi connectivity index (χ3n) is 5.58. The van der Waals surface area contributed by atoms with Crippen LogP contribution in [0.5, 0.6) is 0 Å². The first kappa shape index (κ1) is 27.0. The van der Waals surface area contributed by atoms with E-state index in [2.05, 4.69) is 21.6 Å². The minimum Gasteiger partial charge on any atom is -0.460 e. The topological polar surface area (TPSA) is 114 Å². The van der Waals surface area contributed by atoms with Crippen LogP contribution in [-0.4, -0.2) is 44.0 Å². The number of nitrogens with one attached hydrogen (secondary N) is 2. The number of hydrogen-bond donors (Lipinski definition) is 2. The minimum atomic E-state index is -4.04. The second-order valence-corrected chi connectivity index (χ2v) is 10.5. The highest BCUT2D eigenvalue weighted by Gasteiger charge is 2.32. The van der Waals surface area contributed by atoms with E-state index >= 15 is 0 Å². The zero-order valence-electron chi connectivity index (χ0n) is 20.6. The fraction of sp³-hybridized carbons (Fsp3) is 0.296. The number of pyridine rings is 1. The van der Waals surface area contributed by atoms with Gasteiger partial charge in [-0.15, -0.1) is 0 Å². The molecule has 0 fully saturated rings. The number of esters is 1. The van der Waals surface area contributed by atoms with Gasteiger partial charge in [0.25, 0.3) is 0 Å². The molecule has 36 heavy (non-hydrogen) atoms. The number of hydrogen-bond acceptors (Lipinski definition) is 6. The average Bonchev–Trinajstić information content (AvgIpc) is 2.85. The number of aryl methyl sites for hydroxylation is 1. The Kier molecular flexibility index (Phi) is 8.95. The summed E-state index contributed by atoms with van der Waals surface area (Å²) in [7, 11) is -4.04. The maximum atomic E-state index is 13.4. The lowest BCUT2D eigenvalue weighted by atomic mass is 10.0. The molecule has 3 aromatic rings. The van der Waals surface area contributed by atoms with Crippen LogP contribution in [0.3, 0.4) is 0 Å². The fourth-order valence-electron chi connectivity index (χ4n) is 3.57. The quantitative estimate of drug-likeness (QED) is 0.303. The molecule has 8 nitrogen and oxygen atoms in total. The lowest BCUT2D eigenvalue weighted by Crippen LogP contribution is -2.54. The number of rotatable bonds is 11. The van der Waals surface area contributed by atoms with E-state index in [9.17, 15) is 18.0 Å². The zero-order chi connectivity index (χ0) is 26.3. The Morgan fingerprint density at radius 3 is 2.42 bits per heavy atom. The number of aromatic nitrogens is 1. The number of para-hydroxylation sites is 1. The van der Waals surface area contributed by atoms with E-state index in [0.29, 0.717) is 5.69 Å². The number of nitrogens with zero attached hydrogens (tertiary/aromatic N) is 1. The van der Waals surface area contributed by atoms with Crippen molar-refractivity contribution < 1.29 is 22.7 Å². The van der Waals surface area contributed by atoms with Gasteiger partial charge in [0.15, 0.2) is 0 Å². The monoisotopic (exact) mass is 509 g/mol. The van der Waals surface area contributed by atoms with Crippen molar-refractivity contribution in [3.8, 4) is 0 Å². The van der Waals surface area contributed by atoms with Crippen LogP contribution in [0.2, 0.25) is 0 Å². The number of benzene rings is 2. The lowest BCUT2D eigenvalue weighted by Gasteiger charge is -2.24. The zero-order valence-corrected chi connectivity index (χ0v) is 21.4. The largest absolute Gasteiger partial charge is 0.460 e. The molecule has 3 rings (SSSR count). The molecule has 0 aliphatic rings. The number of ether oxygens (including phenoxy) is 1. The number of carbonyl (C=O) groups excluding carboxylic acids is 2. The van der Waals surface area contributed by atoms with Gasteiger partial charge in [0.05, 0.1) is 10.4 Å². The predicted octanol–water partition coefficient (Wildman–Crippen LogP) is 3.30. The molecule has 0 aliphatic heterocycles. The lowest BCUT2D eigenvalue weighted by molar-refractivity contribution is -0.148. The Balaban J connectivity index is 1.91. The second-order valence-electron chi connectivity index (χ2n) is 8.84. The smallest absolute Gasteiger partial charge is 0.329 e. The van der Waals surface area contributed by atoms with Crippen molar-refractivity contribution in [2.24, 2.45) is 5.92 Å². The van der Waals surface area contributed by atoms with E-state index in [1.807, 2.05) is 37.3 Å². The van der Waals surface area contributed by atoms with E-state index in [-0.39, 0.29) is 23.8 Å². The summed E-state index contributed by atoms with van der Waals surface area (Å²) in [5.74, 6) is -1.57. The third-order valence-corrected chi connectivity index (χ3v) is 7.06. The molecular weight excluding hydrogens is 478 g/mol. The maximum Gasteiger partial charge on any atom is 0.329 e. The Bertz CT molecular complexity index is 1340. The molecule has 2 atom stereocenters. The van der Waals surface area contributed by atoms with Crippen molar-refractivity contribution in [2.75, 3.05) is 6.61 Å². The molecule has 1 aromatic heterocycles. The van der Waals surface area contributed by atoms with Gasteiger partial charge in [-0.25, -0.2) is 13.2 Å².